The maximum atomic E-state index is 13.3. The van der Waals surface area contributed by atoms with Gasteiger partial charge in [-0.15, -0.1) is 0 Å². The van der Waals surface area contributed by atoms with E-state index in [9.17, 15) is 14.0 Å². The van der Waals surface area contributed by atoms with Gasteiger partial charge in [0.05, 0.1) is 5.39 Å². The molecule has 2 aromatic rings. The van der Waals surface area contributed by atoms with Crippen molar-refractivity contribution < 1.29 is 14.3 Å². The molecule has 0 saturated carbocycles. The van der Waals surface area contributed by atoms with Crippen LogP contribution in [0.5, 0.6) is 0 Å². The van der Waals surface area contributed by atoms with Crippen LogP contribution in [0, 0.1) is 5.82 Å². The van der Waals surface area contributed by atoms with E-state index in [0.29, 0.717) is 0 Å². The number of hydrogen-bond donors (Lipinski definition) is 2. The molecule has 1 aromatic carbocycles. The summed E-state index contributed by atoms with van der Waals surface area (Å²) in [5, 5.41) is 8.65. The van der Waals surface area contributed by atoms with Gasteiger partial charge in [0.15, 0.2) is 0 Å². The van der Waals surface area contributed by atoms with Gasteiger partial charge in [-0.1, -0.05) is 6.07 Å². The Morgan fingerprint density at radius 1 is 1.50 bits per heavy atom. The molecule has 0 saturated heterocycles. The van der Waals surface area contributed by atoms with Crippen molar-refractivity contribution in [3.05, 3.63) is 40.2 Å². The summed E-state index contributed by atoms with van der Waals surface area (Å²) in [6.07, 6.45) is -0.445. The average Bonchev–Trinajstić information content (AvgIpc) is 2.19. The largest absolute Gasteiger partial charge is 0.481 e. The lowest BCUT2D eigenvalue weighted by atomic mass is 10.2. The fraction of sp³-hybridized carbons (Fsp3) is 0.100. The molecular formula is C10H7FN2O3. The molecule has 0 bridgehead atoms. The number of fused-ring (bicyclic) bond motifs is 1. The average molecular weight is 222 g/mol. The number of halogens is 1. The van der Waals surface area contributed by atoms with E-state index in [0.717, 1.165) is 0 Å². The maximum absolute atomic E-state index is 13.3. The van der Waals surface area contributed by atoms with E-state index in [2.05, 4.69) is 9.97 Å². The lowest BCUT2D eigenvalue weighted by Crippen LogP contribution is -2.15. The van der Waals surface area contributed by atoms with Crippen molar-refractivity contribution in [2.75, 3.05) is 0 Å². The predicted octanol–water partition coefficient (Wildman–Crippen LogP) is 0.689. The minimum absolute atomic E-state index is 0.0601. The SMILES string of the molecule is O=C(O)Cc1nc2c(F)cccc2c(=O)[nH]1. The third kappa shape index (κ3) is 1.77. The number of benzene rings is 1. The van der Waals surface area contributed by atoms with Crippen LogP contribution in [0.1, 0.15) is 5.82 Å². The van der Waals surface area contributed by atoms with E-state index in [-0.39, 0.29) is 16.7 Å². The van der Waals surface area contributed by atoms with E-state index in [1.54, 1.807) is 0 Å². The summed E-state index contributed by atoms with van der Waals surface area (Å²) in [4.78, 5) is 28.0. The Kier molecular flexibility index (Phi) is 2.40. The quantitative estimate of drug-likeness (QED) is 0.783. The Labute approximate surface area is 88.6 Å². The first-order chi connectivity index (χ1) is 7.58. The van der Waals surface area contributed by atoms with Gasteiger partial charge in [-0.3, -0.25) is 9.59 Å². The van der Waals surface area contributed by atoms with Crippen LogP contribution < -0.4 is 5.56 Å². The molecule has 6 heteroatoms. The van der Waals surface area contributed by atoms with E-state index in [1.165, 1.54) is 18.2 Å². The number of hydrogen-bond acceptors (Lipinski definition) is 3. The van der Waals surface area contributed by atoms with E-state index in [1.807, 2.05) is 0 Å². The van der Waals surface area contributed by atoms with Gasteiger partial charge in [0.1, 0.15) is 23.6 Å². The number of para-hydroxylation sites is 1. The molecule has 0 radical (unpaired) electrons. The third-order valence-corrected chi connectivity index (χ3v) is 2.05. The van der Waals surface area contributed by atoms with Gasteiger partial charge in [0, 0.05) is 0 Å². The first-order valence-electron chi connectivity index (χ1n) is 4.47. The summed E-state index contributed by atoms with van der Waals surface area (Å²) in [6, 6.07) is 3.99. The van der Waals surface area contributed by atoms with Gasteiger partial charge in [0.2, 0.25) is 0 Å². The van der Waals surface area contributed by atoms with Crippen molar-refractivity contribution in [3.8, 4) is 0 Å². The molecular weight excluding hydrogens is 215 g/mol. The maximum Gasteiger partial charge on any atom is 0.311 e. The molecule has 16 heavy (non-hydrogen) atoms. The van der Waals surface area contributed by atoms with Crippen molar-refractivity contribution >= 4 is 16.9 Å². The Hall–Kier alpha value is -2.24. The molecule has 2 rings (SSSR count). The first-order valence-corrected chi connectivity index (χ1v) is 4.47. The Bertz CT molecular complexity index is 621. The van der Waals surface area contributed by atoms with Crippen LogP contribution in [-0.4, -0.2) is 21.0 Å². The van der Waals surface area contributed by atoms with Crippen LogP contribution in [0.4, 0.5) is 4.39 Å². The van der Waals surface area contributed by atoms with Gasteiger partial charge < -0.3 is 10.1 Å². The lowest BCUT2D eigenvalue weighted by molar-refractivity contribution is -0.136. The van der Waals surface area contributed by atoms with Crippen molar-refractivity contribution in [3.63, 3.8) is 0 Å². The molecule has 0 unspecified atom stereocenters. The first kappa shape index (κ1) is 10.3. The molecule has 2 N–H and O–H groups in total. The fourth-order valence-corrected chi connectivity index (χ4v) is 1.40. The summed E-state index contributed by atoms with van der Waals surface area (Å²) in [5.74, 6) is -1.84. The van der Waals surface area contributed by atoms with Gasteiger partial charge >= 0.3 is 5.97 Å². The van der Waals surface area contributed by atoms with Crippen LogP contribution in [0.3, 0.4) is 0 Å². The van der Waals surface area contributed by atoms with Crippen LogP contribution in [0.15, 0.2) is 23.0 Å². The summed E-state index contributed by atoms with van der Waals surface area (Å²) in [6.45, 7) is 0. The molecule has 0 aliphatic carbocycles. The molecule has 1 aromatic heterocycles. The molecule has 0 aliphatic rings. The zero-order valence-corrected chi connectivity index (χ0v) is 8.03. The number of rotatable bonds is 2. The van der Waals surface area contributed by atoms with Crippen LogP contribution >= 0.6 is 0 Å². The summed E-state index contributed by atoms with van der Waals surface area (Å²) in [5.41, 5.74) is -0.650. The normalized spacial score (nSPS) is 10.6. The van der Waals surface area contributed by atoms with Gasteiger partial charge in [-0.25, -0.2) is 9.37 Å². The van der Waals surface area contributed by atoms with Crippen molar-refractivity contribution in [1.29, 1.82) is 0 Å². The number of nitrogens with zero attached hydrogens (tertiary/aromatic N) is 1. The van der Waals surface area contributed by atoms with Gasteiger partial charge in [0.25, 0.3) is 5.56 Å². The Balaban J connectivity index is 2.70. The minimum Gasteiger partial charge on any atom is -0.481 e. The second-order valence-electron chi connectivity index (χ2n) is 3.22. The summed E-state index contributed by atoms with van der Waals surface area (Å²) >= 11 is 0. The van der Waals surface area contributed by atoms with E-state index < -0.39 is 23.8 Å². The molecule has 5 nitrogen and oxygen atoms in total. The molecule has 0 spiro atoms. The number of carboxylic acids is 1. The van der Waals surface area contributed by atoms with Crippen molar-refractivity contribution in [2.45, 2.75) is 6.42 Å². The fourth-order valence-electron chi connectivity index (χ4n) is 1.40. The second kappa shape index (κ2) is 3.73. The number of aromatic amines is 1. The highest BCUT2D eigenvalue weighted by molar-refractivity contribution is 5.78. The molecule has 0 fully saturated rings. The Morgan fingerprint density at radius 3 is 2.94 bits per heavy atom. The number of H-pyrrole nitrogens is 1. The lowest BCUT2D eigenvalue weighted by Gasteiger charge is -2.00. The number of carbonyl (C=O) groups is 1. The topological polar surface area (TPSA) is 83.0 Å². The van der Waals surface area contributed by atoms with Gasteiger partial charge in [-0.05, 0) is 12.1 Å². The number of carboxylic acid groups (broad SMARTS) is 1. The van der Waals surface area contributed by atoms with Crippen LogP contribution in [-0.2, 0) is 11.2 Å². The third-order valence-electron chi connectivity index (χ3n) is 2.05. The highest BCUT2D eigenvalue weighted by Gasteiger charge is 2.09. The van der Waals surface area contributed by atoms with E-state index >= 15 is 0 Å². The highest BCUT2D eigenvalue weighted by Crippen LogP contribution is 2.11. The second-order valence-corrected chi connectivity index (χ2v) is 3.22. The van der Waals surface area contributed by atoms with E-state index in [4.69, 9.17) is 5.11 Å². The van der Waals surface area contributed by atoms with Crippen LogP contribution in [0.25, 0.3) is 10.9 Å². The summed E-state index contributed by atoms with van der Waals surface area (Å²) in [7, 11) is 0. The Morgan fingerprint density at radius 2 is 2.25 bits per heavy atom. The molecule has 0 aliphatic heterocycles. The number of nitrogens with one attached hydrogen (secondary N) is 1. The zero-order valence-electron chi connectivity index (χ0n) is 8.03. The number of aromatic nitrogens is 2. The molecule has 82 valence electrons. The van der Waals surface area contributed by atoms with Gasteiger partial charge in [-0.2, -0.15) is 0 Å². The summed E-state index contributed by atoms with van der Waals surface area (Å²) < 4.78 is 13.3. The van der Waals surface area contributed by atoms with Crippen molar-refractivity contribution in [2.24, 2.45) is 0 Å². The number of aliphatic carboxylic acids is 1. The van der Waals surface area contributed by atoms with Crippen molar-refractivity contribution in [1.82, 2.24) is 9.97 Å². The molecule has 0 amide bonds. The molecule has 1 heterocycles. The van der Waals surface area contributed by atoms with Crippen LogP contribution in [0.2, 0.25) is 0 Å². The monoisotopic (exact) mass is 222 g/mol. The molecule has 0 atom stereocenters. The smallest absolute Gasteiger partial charge is 0.311 e. The minimum atomic E-state index is -1.14. The standard InChI is InChI=1S/C10H7FN2O3/c11-6-3-1-2-5-9(6)12-7(4-8(14)15)13-10(5)16/h1-3H,4H2,(H,14,15)(H,12,13,16). The zero-order chi connectivity index (χ0) is 11.7. The highest BCUT2D eigenvalue weighted by atomic mass is 19.1. The predicted molar refractivity (Wildman–Crippen MR) is 53.7 cm³/mol.